The maximum Gasteiger partial charge on any atom is 0.232 e. The first-order valence-corrected chi connectivity index (χ1v) is 10.6. The van der Waals surface area contributed by atoms with Gasteiger partial charge in [0.15, 0.2) is 0 Å². The molecule has 4 rings (SSSR count). The second-order valence-corrected chi connectivity index (χ2v) is 7.88. The molecular weight excluding hydrogens is 424 g/mol. The Morgan fingerprint density at radius 1 is 0.735 bits per heavy atom. The van der Waals surface area contributed by atoms with E-state index in [2.05, 4.69) is 32.7 Å². The number of aryl methyl sites for hydroxylation is 3. The van der Waals surface area contributed by atoms with Gasteiger partial charge >= 0.3 is 0 Å². The van der Waals surface area contributed by atoms with Crippen LogP contribution in [0.5, 0.6) is 11.6 Å². The van der Waals surface area contributed by atoms with Crippen molar-refractivity contribution in [1.29, 1.82) is 10.5 Å². The normalized spacial score (nSPS) is 10.1. The van der Waals surface area contributed by atoms with Crippen LogP contribution in [-0.4, -0.2) is 9.97 Å². The average molecular weight is 447 g/mol. The Kier molecular flexibility index (Phi) is 6.38. The third kappa shape index (κ3) is 5.29. The highest BCUT2D eigenvalue weighted by Gasteiger charge is 2.12. The monoisotopic (exact) mass is 446 g/mol. The summed E-state index contributed by atoms with van der Waals surface area (Å²) in [6, 6.07) is 24.5. The van der Waals surface area contributed by atoms with Gasteiger partial charge in [0.1, 0.15) is 11.6 Å². The van der Waals surface area contributed by atoms with Crippen molar-refractivity contribution in [2.24, 2.45) is 0 Å². The number of aromatic nitrogens is 2. The van der Waals surface area contributed by atoms with E-state index in [-0.39, 0.29) is 0 Å². The SMILES string of the molecule is Cc1cccc(Nc2cc(Oc3c(C)cc(C#N)cc3C)nc(Nc3ccc(C#N)cc3)n2)c1. The van der Waals surface area contributed by atoms with Crippen molar-refractivity contribution >= 4 is 23.1 Å². The summed E-state index contributed by atoms with van der Waals surface area (Å²) in [4.78, 5) is 9.12. The first kappa shape index (κ1) is 22.3. The topological polar surface area (TPSA) is 107 Å². The number of anilines is 4. The quantitative estimate of drug-likeness (QED) is 0.352. The van der Waals surface area contributed by atoms with Gasteiger partial charge in [-0.2, -0.15) is 20.5 Å². The Bertz CT molecular complexity index is 1410. The minimum absolute atomic E-state index is 0.335. The lowest BCUT2D eigenvalue weighted by Gasteiger charge is -2.15. The minimum Gasteiger partial charge on any atom is -0.438 e. The zero-order valence-electron chi connectivity index (χ0n) is 19.0. The maximum absolute atomic E-state index is 9.23. The molecule has 3 aromatic carbocycles. The summed E-state index contributed by atoms with van der Waals surface area (Å²) in [6.07, 6.45) is 0. The van der Waals surface area contributed by atoms with E-state index in [9.17, 15) is 5.26 Å². The highest BCUT2D eigenvalue weighted by atomic mass is 16.5. The van der Waals surface area contributed by atoms with Gasteiger partial charge in [0.05, 0.1) is 23.3 Å². The van der Waals surface area contributed by atoms with Crippen molar-refractivity contribution in [1.82, 2.24) is 9.97 Å². The lowest BCUT2D eigenvalue weighted by atomic mass is 10.1. The molecular formula is C27H22N6O. The summed E-state index contributed by atoms with van der Waals surface area (Å²) in [5.41, 5.74) is 5.57. The number of rotatable bonds is 6. The van der Waals surface area contributed by atoms with Crippen LogP contribution in [0.2, 0.25) is 0 Å². The molecule has 0 saturated heterocycles. The molecule has 7 nitrogen and oxygen atoms in total. The molecule has 0 bridgehead atoms. The van der Waals surface area contributed by atoms with Crippen molar-refractivity contribution < 1.29 is 4.74 Å². The summed E-state index contributed by atoms with van der Waals surface area (Å²) >= 11 is 0. The van der Waals surface area contributed by atoms with Gasteiger partial charge in [-0.1, -0.05) is 12.1 Å². The zero-order valence-corrected chi connectivity index (χ0v) is 19.0. The number of nitrogens with zero attached hydrogens (tertiary/aromatic N) is 4. The Morgan fingerprint density at radius 2 is 1.44 bits per heavy atom. The smallest absolute Gasteiger partial charge is 0.232 e. The van der Waals surface area contributed by atoms with E-state index < -0.39 is 0 Å². The number of nitrogens with one attached hydrogen (secondary N) is 2. The molecule has 34 heavy (non-hydrogen) atoms. The van der Waals surface area contributed by atoms with Gasteiger partial charge in [0, 0.05) is 17.4 Å². The van der Waals surface area contributed by atoms with E-state index >= 15 is 0 Å². The molecule has 0 spiro atoms. The largest absolute Gasteiger partial charge is 0.438 e. The molecule has 0 fully saturated rings. The lowest BCUT2D eigenvalue weighted by Crippen LogP contribution is -2.03. The fraction of sp³-hybridized carbons (Fsp3) is 0.111. The molecule has 0 aliphatic rings. The van der Waals surface area contributed by atoms with Crippen molar-refractivity contribution in [2.75, 3.05) is 10.6 Å². The molecule has 0 amide bonds. The van der Waals surface area contributed by atoms with E-state index in [1.165, 1.54) is 0 Å². The van der Waals surface area contributed by atoms with Crippen molar-refractivity contribution in [3.63, 3.8) is 0 Å². The van der Waals surface area contributed by atoms with Gasteiger partial charge < -0.3 is 15.4 Å². The fourth-order valence-corrected chi connectivity index (χ4v) is 3.51. The van der Waals surface area contributed by atoms with Crippen molar-refractivity contribution in [3.8, 4) is 23.8 Å². The van der Waals surface area contributed by atoms with Crippen molar-refractivity contribution in [3.05, 3.63) is 94.5 Å². The first-order valence-electron chi connectivity index (χ1n) is 10.6. The fourth-order valence-electron chi connectivity index (χ4n) is 3.51. The third-order valence-electron chi connectivity index (χ3n) is 5.06. The molecule has 7 heteroatoms. The number of ether oxygens (including phenoxy) is 1. The zero-order chi connectivity index (χ0) is 24.1. The van der Waals surface area contributed by atoms with Crippen molar-refractivity contribution in [2.45, 2.75) is 20.8 Å². The molecule has 0 radical (unpaired) electrons. The van der Waals surface area contributed by atoms with E-state index in [1.807, 2.05) is 45.0 Å². The highest BCUT2D eigenvalue weighted by Crippen LogP contribution is 2.31. The molecule has 166 valence electrons. The first-order chi connectivity index (χ1) is 16.4. The Morgan fingerprint density at radius 3 is 2.09 bits per heavy atom. The van der Waals surface area contributed by atoms with E-state index in [4.69, 9.17) is 10.00 Å². The minimum atomic E-state index is 0.335. The summed E-state index contributed by atoms with van der Waals surface area (Å²) in [6.45, 7) is 5.81. The molecule has 0 atom stereocenters. The molecule has 1 aromatic heterocycles. The van der Waals surface area contributed by atoms with Gasteiger partial charge in [-0.15, -0.1) is 0 Å². The van der Waals surface area contributed by atoms with Gasteiger partial charge in [0.2, 0.25) is 11.8 Å². The molecule has 0 aliphatic carbocycles. The van der Waals surface area contributed by atoms with Gasteiger partial charge in [-0.05, 0) is 86.0 Å². The lowest BCUT2D eigenvalue weighted by molar-refractivity contribution is 0.456. The van der Waals surface area contributed by atoms with E-state index in [0.29, 0.717) is 34.5 Å². The molecule has 1 heterocycles. The van der Waals surface area contributed by atoms with Gasteiger partial charge in [-0.25, -0.2) is 0 Å². The van der Waals surface area contributed by atoms with Crippen LogP contribution in [0.4, 0.5) is 23.1 Å². The molecule has 2 N–H and O–H groups in total. The summed E-state index contributed by atoms with van der Waals surface area (Å²) in [7, 11) is 0. The average Bonchev–Trinajstić information content (AvgIpc) is 2.81. The van der Waals surface area contributed by atoms with Gasteiger partial charge in [-0.3, -0.25) is 0 Å². The van der Waals surface area contributed by atoms with Gasteiger partial charge in [0.25, 0.3) is 0 Å². The predicted octanol–water partition coefficient (Wildman–Crippen LogP) is 6.42. The van der Waals surface area contributed by atoms with E-state index in [1.54, 1.807) is 42.5 Å². The standard InChI is InChI=1S/C27H22N6O/c1-17-5-4-6-23(11-17)30-24-14-25(34-26-18(2)12-21(16-29)13-19(26)3)33-27(32-24)31-22-9-7-20(15-28)8-10-22/h4-14H,1-3H3,(H2,30,31,32,33). The summed E-state index contributed by atoms with van der Waals surface area (Å²) < 4.78 is 6.17. The third-order valence-corrected chi connectivity index (χ3v) is 5.06. The Labute approximate surface area is 198 Å². The number of hydrogen-bond donors (Lipinski definition) is 2. The second-order valence-electron chi connectivity index (χ2n) is 7.88. The highest BCUT2D eigenvalue weighted by molar-refractivity contribution is 5.62. The van der Waals surface area contributed by atoms with Crippen LogP contribution in [0.25, 0.3) is 0 Å². The van der Waals surface area contributed by atoms with Crippen LogP contribution in [0.1, 0.15) is 27.8 Å². The van der Waals surface area contributed by atoms with Crippen LogP contribution in [-0.2, 0) is 0 Å². The van der Waals surface area contributed by atoms with E-state index in [0.717, 1.165) is 28.1 Å². The predicted molar refractivity (Wildman–Crippen MR) is 132 cm³/mol. The maximum atomic E-state index is 9.23. The Hall–Kier alpha value is -4.88. The van der Waals surface area contributed by atoms with Crippen LogP contribution < -0.4 is 15.4 Å². The second kappa shape index (κ2) is 9.72. The van der Waals surface area contributed by atoms with Crippen LogP contribution in [0.3, 0.4) is 0 Å². The molecule has 0 saturated carbocycles. The molecule has 4 aromatic rings. The summed E-state index contributed by atoms with van der Waals surface area (Å²) in [5, 5.41) is 24.7. The number of benzene rings is 3. The number of nitriles is 2. The molecule has 0 aliphatic heterocycles. The summed E-state index contributed by atoms with van der Waals surface area (Å²) in [5.74, 6) is 1.87. The van der Waals surface area contributed by atoms with Crippen LogP contribution in [0.15, 0.2) is 66.7 Å². The van der Waals surface area contributed by atoms with Crippen LogP contribution >= 0.6 is 0 Å². The number of hydrogen-bond acceptors (Lipinski definition) is 7. The van der Waals surface area contributed by atoms with Crippen LogP contribution in [0, 0.1) is 43.4 Å². The Balaban J connectivity index is 1.70. The molecule has 0 unspecified atom stereocenters.